The van der Waals surface area contributed by atoms with Crippen LogP contribution < -0.4 is 9.46 Å². The highest BCUT2D eigenvalue weighted by Crippen LogP contribution is 2.34. The van der Waals surface area contributed by atoms with Crippen molar-refractivity contribution in [3.63, 3.8) is 0 Å². The van der Waals surface area contributed by atoms with Gasteiger partial charge in [0.15, 0.2) is 39.7 Å². The minimum atomic E-state index is -3.71. The molecule has 0 fully saturated rings. The molecule has 8 aromatic rings. The van der Waals surface area contributed by atoms with Gasteiger partial charge in [-0.05, 0) is 36.4 Å². The molecule has 0 saturated heterocycles. The van der Waals surface area contributed by atoms with E-state index in [1.165, 1.54) is 18.4 Å². The highest BCUT2D eigenvalue weighted by molar-refractivity contribution is 7.92. The Morgan fingerprint density at radius 2 is 1.16 bits per heavy atom. The number of hydrogen-bond donors (Lipinski definition) is 1. The molecule has 0 atom stereocenters. The largest absolute Gasteiger partial charge is 0.468 e. The van der Waals surface area contributed by atoms with Crippen molar-refractivity contribution in [1.29, 1.82) is 0 Å². The minimum Gasteiger partial charge on any atom is -0.468 e. The average molecular weight is 785 g/mol. The van der Waals surface area contributed by atoms with Gasteiger partial charge in [-0.25, -0.2) is 26.8 Å². The third kappa shape index (κ3) is 8.86. The van der Waals surface area contributed by atoms with Gasteiger partial charge in [0.2, 0.25) is 11.8 Å². The molecule has 0 aliphatic heterocycles. The van der Waals surface area contributed by atoms with Crippen LogP contribution in [0.1, 0.15) is 18.7 Å². The standard InChI is InChI=1S/C26H20N2O4S.C17H16N2O3S/c1-33(29,30)21-14-11-19(12-15-21)25-26(20-8-3-2-4-9-20)32-24(28-25)17-31-23-16-13-18-7-5-6-10-22(18)27-23;1-2-15-18-17(16(22-15)13-9-5-3-6-10-13)19-23(20,21)14-11-7-4-8-12-14/h2-16H,17H2,1H3;3-12,19H,2H2,1H3. The van der Waals surface area contributed by atoms with Gasteiger partial charge in [-0.1, -0.05) is 116 Å². The van der Waals surface area contributed by atoms with Crippen LogP contribution in [0.4, 0.5) is 5.82 Å². The summed E-state index contributed by atoms with van der Waals surface area (Å²) in [5.74, 6) is 2.57. The third-order valence-corrected chi connectivity index (χ3v) is 11.0. The summed E-state index contributed by atoms with van der Waals surface area (Å²) in [6.45, 7) is 2.00. The Kier molecular flexibility index (Phi) is 11.1. The van der Waals surface area contributed by atoms with Gasteiger partial charge in [0.1, 0.15) is 5.69 Å². The maximum Gasteiger partial charge on any atom is 0.263 e. The normalized spacial score (nSPS) is 11.5. The molecule has 0 radical (unpaired) electrons. The van der Waals surface area contributed by atoms with Crippen LogP contribution in [0, 0.1) is 0 Å². The summed E-state index contributed by atoms with van der Waals surface area (Å²) in [5, 5.41) is 1.03. The Bertz CT molecular complexity index is 2790. The first-order valence-electron chi connectivity index (χ1n) is 17.5. The van der Waals surface area contributed by atoms with Crippen LogP contribution in [0.5, 0.6) is 5.88 Å². The van der Waals surface area contributed by atoms with E-state index in [-0.39, 0.29) is 22.2 Å². The Labute approximate surface area is 324 Å². The number of fused-ring (bicyclic) bond motifs is 1. The van der Waals surface area contributed by atoms with Crippen molar-refractivity contribution in [2.75, 3.05) is 11.0 Å². The summed E-state index contributed by atoms with van der Waals surface area (Å²) in [5.41, 5.74) is 3.85. The molecule has 0 aliphatic rings. The molecule has 1 N–H and O–H groups in total. The number of benzene rings is 5. The number of sulfone groups is 1. The molecule has 8 rings (SSSR count). The number of oxazole rings is 2. The second-order valence-electron chi connectivity index (χ2n) is 12.5. The number of sulfonamides is 1. The van der Waals surface area contributed by atoms with Crippen LogP contribution >= 0.6 is 0 Å². The fraction of sp³-hybridized carbons (Fsp3) is 0.0930. The fourth-order valence-electron chi connectivity index (χ4n) is 5.69. The monoisotopic (exact) mass is 784 g/mol. The number of nitrogens with zero attached hydrogens (tertiary/aromatic N) is 3. The molecule has 0 unspecified atom stereocenters. The summed E-state index contributed by atoms with van der Waals surface area (Å²) in [6, 6.07) is 45.3. The van der Waals surface area contributed by atoms with Crippen LogP contribution in [0.2, 0.25) is 0 Å². The zero-order chi connectivity index (χ0) is 39.1. The van der Waals surface area contributed by atoms with Gasteiger partial charge in [0.25, 0.3) is 10.0 Å². The molecule has 13 heteroatoms. The topological polar surface area (TPSA) is 154 Å². The van der Waals surface area contributed by atoms with E-state index in [0.29, 0.717) is 41.3 Å². The molecule has 56 heavy (non-hydrogen) atoms. The number of nitrogens with one attached hydrogen (secondary N) is 1. The summed E-state index contributed by atoms with van der Waals surface area (Å²) >= 11 is 0. The maximum absolute atomic E-state index is 12.5. The molecule has 0 aliphatic carbocycles. The van der Waals surface area contributed by atoms with Gasteiger partial charge in [-0.3, -0.25) is 4.72 Å². The molecule has 11 nitrogen and oxygen atoms in total. The van der Waals surface area contributed by atoms with Gasteiger partial charge in [0.05, 0.1) is 15.3 Å². The van der Waals surface area contributed by atoms with E-state index >= 15 is 0 Å². The Balaban J connectivity index is 0.000000183. The maximum atomic E-state index is 12.5. The van der Waals surface area contributed by atoms with E-state index in [1.807, 2.05) is 104 Å². The van der Waals surface area contributed by atoms with Crippen molar-refractivity contribution in [2.24, 2.45) is 0 Å². The van der Waals surface area contributed by atoms with Crippen molar-refractivity contribution in [1.82, 2.24) is 15.0 Å². The summed E-state index contributed by atoms with van der Waals surface area (Å²) < 4.78 is 68.8. The zero-order valence-corrected chi connectivity index (χ0v) is 32.0. The molecule has 3 aromatic heterocycles. The number of hydrogen-bond acceptors (Lipinski definition) is 10. The predicted molar refractivity (Wildman–Crippen MR) is 215 cm³/mol. The molecule has 3 heterocycles. The number of pyridine rings is 1. The molecule has 0 amide bonds. The summed E-state index contributed by atoms with van der Waals surface area (Å²) in [6.07, 6.45) is 1.76. The molecule has 0 bridgehead atoms. The molecule has 0 spiro atoms. The second-order valence-corrected chi connectivity index (χ2v) is 16.2. The van der Waals surface area contributed by atoms with E-state index in [0.717, 1.165) is 27.6 Å². The SMILES string of the molecule is CCc1nc(NS(=O)(=O)c2ccccc2)c(-c2ccccc2)o1.CS(=O)(=O)c1ccc(-c2nc(COc3ccc4ccccc4n3)oc2-c2ccccc2)cc1. The molecule has 0 saturated carbocycles. The zero-order valence-electron chi connectivity index (χ0n) is 30.4. The lowest BCUT2D eigenvalue weighted by Gasteiger charge is -2.06. The Morgan fingerprint density at radius 3 is 1.80 bits per heavy atom. The highest BCUT2D eigenvalue weighted by Gasteiger charge is 2.22. The van der Waals surface area contributed by atoms with Crippen LogP contribution in [0.25, 0.3) is 44.8 Å². The quantitative estimate of drug-likeness (QED) is 0.134. The lowest BCUT2D eigenvalue weighted by molar-refractivity contribution is 0.256. The van der Waals surface area contributed by atoms with Crippen molar-refractivity contribution in [3.8, 4) is 39.8 Å². The first kappa shape index (κ1) is 37.7. The van der Waals surface area contributed by atoms with Gasteiger partial charge in [-0.2, -0.15) is 4.98 Å². The van der Waals surface area contributed by atoms with Crippen molar-refractivity contribution in [3.05, 3.63) is 163 Å². The Morgan fingerprint density at radius 1 is 0.571 bits per heavy atom. The van der Waals surface area contributed by atoms with Crippen molar-refractivity contribution >= 4 is 36.6 Å². The van der Waals surface area contributed by atoms with E-state index in [2.05, 4.69) is 19.7 Å². The van der Waals surface area contributed by atoms with E-state index in [9.17, 15) is 16.8 Å². The second kappa shape index (κ2) is 16.4. The number of para-hydroxylation sites is 1. The van der Waals surface area contributed by atoms with Crippen molar-refractivity contribution in [2.45, 2.75) is 29.7 Å². The van der Waals surface area contributed by atoms with E-state index in [4.69, 9.17) is 13.6 Å². The molecular weight excluding hydrogens is 749 g/mol. The number of ether oxygens (including phenoxy) is 1. The van der Waals surface area contributed by atoms with Crippen LogP contribution in [-0.4, -0.2) is 38.0 Å². The molecule has 282 valence electrons. The average Bonchev–Trinajstić information content (AvgIpc) is 3.85. The van der Waals surface area contributed by atoms with Crippen LogP contribution in [0.15, 0.2) is 170 Å². The fourth-order valence-corrected chi connectivity index (χ4v) is 7.34. The highest BCUT2D eigenvalue weighted by atomic mass is 32.2. The third-order valence-electron chi connectivity index (χ3n) is 8.47. The van der Waals surface area contributed by atoms with Gasteiger partial charge in [0, 0.05) is 40.8 Å². The minimum absolute atomic E-state index is 0.104. The van der Waals surface area contributed by atoms with Crippen molar-refractivity contribution < 1.29 is 30.4 Å². The summed E-state index contributed by atoms with van der Waals surface area (Å²) in [7, 11) is -7.00. The van der Waals surface area contributed by atoms with Gasteiger partial charge >= 0.3 is 0 Å². The lowest BCUT2D eigenvalue weighted by Crippen LogP contribution is -2.13. The Hall–Kier alpha value is -6.57. The van der Waals surface area contributed by atoms with Crippen LogP contribution in [0.3, 0.4) is 0 Å². The van der Waals surface area contributed by atoms with E-state index < -0.39 is 19.9 Å². The number of aromatic nitrogens is 3. The molecule has 5 aromatic carbocycles. The predicted octanol–water partition coefficient (Wildman–Crippen LogP) is 9.24. The first-order chi connectivity index (χ1) is 27.1. The smallest absolute Gasteiger partial charge is 0.263 e. The first-order valence-corrected chi connectivity index (χ1v) is 20.9. The van der Waals surface area contributed by atoms with Gasteiger partial charge < -0.3 is 13.6 Å². The number of aryl methyl sites for hydroxylation is 1. The van der Waals surface area contributed by atoms with Gasteiger partial charge in [-0.15, -0.1) is 0 Å². The lowest BCUT2D eigenvalue weighted by atomic mass is 10.1. The number of rotatable bonds is 11. The van der Waals surface area contributed by atoms with Crippen LogP contribution in [-0.2, 0) is 32.9 Å². The summed E-state index contributed by atoms with van der Waals surface area (Å²) in [4.78, 5) is 13.9. The number of anilines is 1. The van der Waals surface area contributed by atoms with E-state index in [1.54, 1.807) is 42.5 Å². The molecular formula is C43H36N4O7S2.